The molecule has 0 spiro atoms. The second-order valence-corrected chi connectivity index (χ2v) is 10.0. The van der Waals surface area contributed by atoms with E-state index < -0.39 is 0 Å². The Morgan fingerprint density at radius 3 is 2.52 bits per heavy atom. The van der Waals surface area contributed by atoms with Crippen LogP contribution in [-0.2, 0) is 4.79 Å². The van der Waals surface area contributed by atoms with Crippen LogP contribution in [0.1, 0.15) is 45.6 Å². The lowest BCUT2D eigenvalue weighted by molar-refractivity contribution is -0.130. The van der Waals surface area contributed by atoms with Crippen LogP contribution in [0.3, 0.4) is 0 Å². The summed E-state index contributed by atoms with van der Waals surface area (Å²) in [6.07, 6.45) is 1.21. The molecule has 1 aromatic heterocycles. The average molecular weight is 405 g/mol. The molecule has 2 heterocycles. The number of benzene rings is 1. The molecule has 2 aromatic rings. The topological polar surface area (TPSA) is 58.1 Å². The summed E-state index contributed by atoms with van der Waals surface area (Å²) in [7, 11) is 0. The highest BCUT2D eigenvalue weighted by molar-refractivity contribution is 8.01. The normalized spacial score (nSPS) is 20.1. The van der Waals surface area contributed by atoms with Crippen LogP contribution in [0.25, 0.3) is 0 Å². The van der Waals surface area contributed by atoms with Gasteiger partial charge in [0.15, 0.2) is 4.34 Å². The Kier molecular flexibility index (Phi) is 6.76. The maximum atomic E-state index is 12.5. The number of carbonyl (C=O) groups is 1. The van der Waals surface area contributed by atoms with E-state index in [-0.39, 0.29) is 5.91 Å². The molecule has 0 radical (unpaired) electrons. The quantitative estimate of drug-likeness (QED) is 0.687. The van der Waals surface area contributed by atoms with E-state index in [9.17, 15) is 4.79 Å². The first kappa shape index (κ1) is 20.1. The van der Waals surface area contributed by atoms with E-state index in [1.807, 2.05) is 4.90 Å². The average Bonchev–Trinajstić information content (AvgIpc) is 3.06. The van der Waals surface area contributed by atoms with E-state index in [0.29, 0.717) is 23.5 Å². The molecule has 2 atom stereocenters. The largest absolute Gasteiger partial charge is 0.341 e. The number of rotatable bonds is 6. The number of hydrogen-bond donors (Lipinski definition) is 1. The Balaban J connectivity index is 1.51. The number of thioether (sulfide) groups is 1. The van der Waals surface area contributed by atoms with Crippen molar-refractivity contribution in [2.24, 2.45) is 11.8 Å². The third kappa shape index (κ3) is 5.69. The van der Waals surface area contributed by atoms with Gasteiger partial charge in [0.25, 0.3) is 0 Å². The van der Waals surface area contributed by atoms with E-state index >= 15 is 0 Å². The Bertz CT molecular complexity index is 750. The minimum atomic E-state index is 0.201. The molecule has 1 saturated heterocycles. The number of piperidine rings is 1. The maximum Gasteiger partial charge on any atom is 0.233 e. The van der Waals surface area contributed by atoms with Crippen molar-refractivity contribution in [1.29, 1.82) is 0 Å². The van der Waals surface area contributed by atoms with Crippen LogP contribution in [0, 0.1) is 11.8 Å². The number of carbonyl (C=O) groups excluding carboxylic acids is 1. The first-order chi connectivity index (χ1) is 12.9. The number of nitrogens with one attached hydrogen (secondary N) is 1. The first-order valence-electron chi connectivity index (χ1n) is 9.51. The fourth-order valence-electron chi connectivity index (χ4n) is 3.47. The summed E-state index contributed by atoms with van der Waals surface area (Å²) in [5, 5.41) is 12.4. The lowest BCUT2D eigenvalue weighted by Gasteiger charge is -2.34. The van der Waals surface area contributed by atoms with Gasteiger partial charge in [0.1, 0.15) is 0 Å². The molecular weight excluding hydrogens is 376 g/mol. The Morgan fingerprint density at radius 2 is 1.89 bits per heavy atom. The number of likely N-dealkylation sites (tertiary alicyclic amines) is 1. The van der Waals surface area contributed by atoms with Crippen LogP contribution >= 0.6 is 23.1 Å². The molecule has 0 bridgehead atoms. The Hall–Kier alpha value is -1.60. The molecule has 1 aliphatic heterocycles. The van der Waals surface area contributed by atoms with Gasteiger partial charge in [-0.05, 0) is 41.9 Å². The molecule has 0 saturated carbocycles. The van der Waals surface area contributed by atoms with E-state index in [0.717, 1.165) is 28.2 Å². The predicted octanol–water partition coefficient (Wildman–Crippen LogP) is 5.00. The summed E-state index contributed by atoms with van der Waals surface area (Å²) in [6, 6.07) is 8.38. The fourth-order valence-corrected chi connectivity index (χ4v) is 5.15. The second kappa shape index (κ2) is 9.06. The third-order valence-corrected chi connectivity index (χ3v) is 6.73. The predicted molar refractivity (Wildman–Crippen MR) is 114 cm³/mol. The molecule has 146 valence electrons. The van der Waals surface area contributed by atoms with Crippen LogP contribution in [0.15, 0.2) is 28.6 Å². The van der Waals surface area contributed by atoms with Crippen LogP contribution in [0.2, 0.25) is 0 Å². The van der Waals surface area contributed by atoms with Crippen molar-refractivity contribution in [2.45, 2.75) is 44.4 Å². The van der Waals surface area contributed by atoms with Gasteiger partial charge in [0, 0.05) is 18.8 Å². The standard InChI is InChI=1S/C20H28N4OS2/c1-13(2)16-5-7-17(8-6-16)21-19-22-23-20(27-19)26-12-18(25)24-10-14(3)9-15(4)11-24/h5-8,13-15H,9-12H2,1-4H3,(H,21,22)/t14-,15-/m0/s1. The van der Waals surface area contributed by atoms with E-state index in [2.05, 4.69) is 67.5 Å². The number of amides is 1. The van der Waals surface area contributed by atoms with Crippen molar-refractivity contribution in [3.05, 3.63) is 29.8 Å². The molecule has 3 rings (SSSR count). The summed E-state index contributed by atoms with van der Waals surface area (Å²) in [5.41, 5.74) is 2.31. The van der Waals surface area contributed by atoms with Crippen molar-refractivity contribution in [1.82, 2.24) is 15.1 Å². The summed E-state index contributed by atoms with van der Waals surface area (Å²) < 4.78 is 0.822. The zero-order valence-electron chi connectivity index (χ0n) is 16.4. The molecule has 1 amide bonds. The third-order valence-electron chi connectivity index (χ3n) is 4.78. The van der Waals surface area contributed by atoms with Crippen LogP contribution in [0.5, 0.6) is 0 Å². The van der Waals surface area contributed by atoms with E-state index in [4.69, 9.17) is 0 Å². The van der Waals surface area contributed by atoms with Crippen molar-refractivity contribution < 1.29 is 4.79 Å². The molecule has 0 aliphatic carbocycles. The van der Waals surface area contributed by atoms with Crippen molar-refractivity contribution >= 4 is 39.8 Å². The minimum Gasteiger partial charge on any atom is -0.341 e. The van der Waals surface area contributed by atoms with Gasteiger partial charge in [-0.1, -0.05) is 62.9 Å². The fraction of sp³-hybridized carbons (Fsp3) is 0.550. The zero-order valence-corrected chi connectivity index (χ0v) is 18.1. The lowest BCUT2D eigenvalue weighted by Crippen LogP contribution is -2.43. The van der Waals surface area contributed by atoms with Gasteiger partial charge in [-0.2, -0.15) is 0 Å². The highest BCUT2D eigenvalue weighted by atomic mass is 32.2. The van der Waals surface area contributed by atoms with Crippen molar-refractivity contribution in [3.8, 4) is 0 Å². The van der Waals surface area contributed by atoms with Gasteiger partial charge < -0.3 is 10.2 Å². The Labute approximate surface area is 170 Å². The summed E-state index contributed by atoms with van der Waals surface area (Å²) in [5.74, 6) is 2.32. The Morgan fingerprint density at radius 1 is 1.22 bits per heavy atom. The van der Waals surface area contributed by atoms with Crippen molar-refractivity contribution in [3.63, 3.8) is 0 Å². The zero-order chi connectivity index (χ0) is 19.4. The first-order valence-corrected chi connectivity index (χ1v) is 11.3. The molecule has 27 heavy (non-hydrogen) atoms. The second-order valence-electron chi connectivity index (χ2n) is 7.81. The van der Waals surface area contributed by atoms with Crippen molar-refractivity contribution in [2.75, 3.05) is 24.2 Å². The summed E-state index contributed by atoms with van der Waals surface area (Å²) >= 11 is 2.96. The number of anilines is 2. The SMILES string of the molecule is CC(C)c1ccc(Nc2nnc(SCC(=O)N3C[C@@H](C)C[C@H](C)C3)s2)cc1. The molecule has 1 N–H and O–H groups in total. The lowest BCUT2D eigenvalue weighted by atomic mass is 9.92. The number of aromatic nitrogens is 2. The number of nitrogens with zero attached hydrogens (tertiary/aromatic N) is 3. The van der Waals surface area contributed by atoms with Gasteiger partial charge in [0.05, 0.1) is 5.75 Å². The molecule has 1 aromatic carbocycles. The molecule has 0 unspecified atom stereocenters. The van der Waals surface area contributed by atoms with Crippen LogP contribution in [0.4, 0.5) is 10.8 Å². The monoisotopic (exact) mass is 404 g/mol. The molecule has 1 fully saturated rings. The smallest absolute Gasteiger partial charge is 0.233 e. The van der Waals surface area contributed by atoms with Gasteiger partial charge in [-0.3, -0.25) is 4.79 Å². The molecular formula is C20H28N4OS2. The van der Waals surface area contributed by atoms with Gasteiger partial charge >= 0.3 is 0 Å². The highest BCUT2D eigenvalue weighted by Gasteiger charge is 2.25. The maximum absolute atomic E-state index is 12.5. The number of hydrogen-bond acceptors (Lipinski definition) is 6. The molecule has 1 aliphatic rings. The molecule has 7 heteroatoms. The minimum absolute atomic E-state index is 0.201. The van der Waals surface area contributed by atoms with Crippen LogP contribution in [-0.4, -0.2) is 39.8 Å². The van der Waals surface area contributed by atoms with E-state index in [1.165, 1.54) is 35.1 Å². The summed E-state index contributed by atoms with van der Waals surface area (Å²) in [4.78, 5) is 14.5. The van der Waals surface area contributed by atoms with Gasteiger partial charge in [-0.15, -0.1) is 10.2 Å². The van der Waals surface area contributed by atoms with Crippen LogP contribution < -0.4 is 5.32 Å². The van der Waals surface area contributed by atoms with E-state index in [1.54, 1.807) is 0 Å². The van der Waals surface area contributed by atoms with Gasteiger partial charge in [-0.25, -0.2) is 0 Å². The summed E-state index contributed by atoms with van der Waals surface area (Å²) in [6.45, 7) is 10.6. The van der Waals surface area contributed by atoms with Gasteiger partial charge in [0.2, 0.25) is 11.0 Å². The molecule has 5 nitrogen and oxygen atoms in total. The highest BCUT2D eigenvalue weighted by Crippen LogP contribution is 2.29.